The lowest BCUT2D eigenvalue weighted by atomic mass is 9.95. The molecular formula is C20H24N4O5. The van der Waals surface area contributed by atoms with E-state index in [4.69, 9.17) is 9.84 Å². The number of anilines is 1. The summed E-state index contributed by atoms with van der Waals surface area (Å²) in [7, 11) is 0. The van der Waals surface area contributed by atoms with Crippen LogP contribution < -0.4 is 10.2 Å². The van der Waals surface area contributed by atoms with Gasteiger partial charge in [0, 0.05) is 36.1 Å². The number of nitrogens with one attached hydrogen (secondary N) is 1. The molecule has 3 N–H and O–H groups in total. The van der Waals surface area contributed by atoms with Crippen LogP contribution >= 0.6 is 0 Å². The smallest absolute Gasteiger partial charge is 0.322 e. The minimum Gasteiger partial charge on any atom is -0.505 e. The number of amides is 1. The highest BCUT2D eigenvalue weighted by atomic mass is 16.5. The third-order valence-corrected chi connectivity index (χ3v) is 4.69. The molecule has 154 valence electrons. The Morgan fingerprint density at radius 3 is 2.59 bits per heavy atom. The number of allylic oxidation sites excluding steroid dienone is 1. The molecule has 1 aromatic carbocycles. The molecule has 1 aromatic rings. The number of hydrogen-bond acceptors (Lipinski definition) is 7. The number of benzene rings is 1. The predicted molar refractivity (Wildman–Crippen MR) is 109 cm³/mol. The Bertz CT molecular complexity index is 900. The molecule has 9 heteroatoms. The number of rotatable bonds is 5. The van der Waals surface area contributed by atoms with Gasteiger partial charge in [-0.2, -0.15) is 5.10 Å². The molecule has 0 bridgehead atoms. The maximum Gasteiger partial charge on any atom is 0.322 e. The van der Waals surface area contributed by atoms with Gasteiger partial charge >= 0.3 is 5.97 Å². The largest absolute Gasteiger partial charge is 0.505 e. The van der Waals surface area contributed by atoms with Crippen LogP contribution in [-0.4, -0.2) is 66.2 Å². The zero-order valence-corrected chi connectivity index (χ0v) is 16.4. The number of carboxylic acids is 1. The Kier molecular flexibility index (Phi) is 6.18. The summed E-state index contributed by atoms with van der Waals surface area (Å²) in [4.78, 5) is 25.6. The van der Waals surface area contributed by atoms with Crippen molar-refractivity contribution in [1.29, 1.82) is 0 Å². The van der Waals surface area contributed by atoms with E-state index in [9.17, 15) is 14.7 Å². The molecule has 1 fully saturated rings. The van der Waals surface area contributed by atoms with Gasteiger partial charge in [-0.15, -0.1) is 0 Å². The number of fused-ring (bicyclic) bond motifs is 1. The van der Waals surface area contributed by atoms with Gasteiger partial charge in [-0.3, -0.25) is 9.59 Å². The van der Waals surface area contributed by atoms with Gasteiger partial charge in [0.25, 0.3) is 5.91 Å². The molecule has 0 unspecified atom stereocenters. The number of aliphatic carboxylic acids is 1. The number of carbonyl (C=O) groups excluding carboxylic acids is 1. The van der Waals surface area contributed by atoms with Gasteiger partial charge in [-0.05, 0) is 32.0 Å². The molecule has 0 aliphatic carbocycles. The van der Waals surface area contributed by atoms with E-state index in [0.717, 1.165) is 24.3 Å². The summed E-state index contributed by atoms with van der Waals surface area (Å²) in [6.07, 6.45) is 3.30. The van der Waals surface area contributed by atoms with Crippen LogP contribution in [0.2, 0.25) is 0 Å². The van der Waals surface area contributed by atoms with Crippen molar-refractivity contribution in [2.45, 2.75) is 13.8 Å². The van der Waals surface area contributed by atoms with E-state index in [0.29, 0.717) is 24.5 Å². The van der Waals surface area contributed by atoms with Crippen LogP contribution in [0.25, 0.3) is 11.5 Å². The third kappa shape index (κ3) is 4.09. The molecule has 29 heavy (non-hydrogen) atoms. The van der Waals surface area contributed by atoms with Crippen LogP contribution in [0.15, 0.2) is 35.1 Å². The standard InChI is InChI=1S/C20H24N4O5/c1-3-16-15-11-13(23-7-9-29-10-8-23)5-6-14(15)19(27)18(24(16)22-4-2)20(28)21-12-17(25)26/h3-6,11,27H,7-10,12H2,1-2H3,(H,21,28)(H,25,26)/b16-3+,22-4-. The number of aliphatic hydroxyl groups is 1. The van der Waals surface area contributed by atoms with E-state index in [1.165, 1.54) is 11.2 Å². The number of hydrazone groups is 1. The first kappa shape index (κ1) is 20.4. The maximum absolute atomic E-state index is 12.6. The average Bonchev–Trinajstić information content (AvgIpc) is 2.73. The minimum atomic E-state index is -1.18. The Labute approximate surface area is 168 Å². The molecule has 0 radical (unpaired) electrons. The molecule has 1 saturated heterocycles. The molecule has 0 saturated carbocycles. The van der Waals surface area contributed by atoms with Crippen molar-refractivity contribution in [3.05, 3.63) is 41.1 Å². The summed E-state index contributed by atoms with van der Waals surface area (Å²) in [6.45, 7) is 5.78. The lowest BCUT2D eigenvalue weighted by molar-refractivity contribution is -0.137. The van der Waals surface area contributed by atoms with Crippen molar-refractivity contribution >= 4 is 35.2 Å². The van der Waals surface area contributed by atoms with E-state index in [2.05, 4.69) is 15.3 Å². The summed E-state index contributed by atoms with van der Waals surface area (Å²) in [6, 6.07) is 5.60. The zero-order valence-electron chi connectivity index (χ0n) is 16.4. The summed E-state index contributed by atoms with van der Waals surface area (Å²) in [5, 5.41) is 27.6. The van der Waals surface area contributed by atoms with Crippen molar-refractivity contribution in [2.75, 3.05) is 37.7 Å². The Morgan fingerprint density at radius 1 is 1.24 bits per heavy atom. The molecule has 2 heterocycles. The van der Waals surface area contributed by atoms with E-state index < -0.39 is 18.4 Å². The average molecular weight is 400 g/mol. The highest BCUT2D eigenvalue weighted by Gasteiger charge is 2.33. The van der Waals surface area contributed by atoms with Crippen LogP contribution in [0.1, 0.15) is 25.0 Å². The van der Waals surface area contributed by atoms with Crippen LogP contribution in [0.3, 0.4) is 0 Å². The van der Waals surface area contributed by atoms with E-state index >= 15 is 0 Å². The van der Waals surface area contributed by atoms with E-state index in [1.807, 2.05) is 19.1 Å². The lowest BCUT2D eigenvalue weighted by Crippen LogP contribution is -2.38. The Hall–Kier alpha value is -3.33. The maximum atomic E-state index is 12.6. The second-order valence-corrected chi connectivity index (χ2v) is 6.46. The number of hydrogen-bond donors (Lipinski definition) is 3. The van der Waals surface area contributed by atoms with E-state index in [-0.39, 0.29) is 11.5 Å². The van der Waals surface area contributed by atoms with Gasteiger partial charge in [0.05, 0.1) is 18.9 Å². The number of carbonyl (C=O) groups is 2. The Balaban J connectivity index is 2.08. The van der Waals surface area contributed by atoms with Gasteiger partial charge in [0.1, 0.15) is 6.54 Å². The molecule has 0 atom stereocenters. The number of nitrogens with zero attached hydrogens (tertiary/aromatic N) is 3. The van der Waals surface area contributed by atoms with Gasteiger partial charge in [-0.1, -0.05) is 6.08 Å². The number of ether oxygens (including phenoxy) is 1. The number of morpholine rings is 1. The third-order valence-electron chi connectivity index (χ3n) is 4.69. The topological polar surface area (TPSA) is 115 Å². The van der Waals surface area contributed by atoms with Crippen LogP contribution in [0.5, 0.6) is 0 Å². The van der Waals surface area contributed by atoms with Crippen LogP contribution in [0.4, 0.5) is 5.69 Å². The van der Waals surface area contributed by atoms with Gasteiger partial charge in [-0.25, -0.2) is 5.01 Å². The SMILES string of the molecule is C/C=N\N1C(C(=O)NCC(=O)O)=C(O)c2ccc(N3CCOCC3)cc2/C1=C\C. The highest BCUT2D eigenvalue weighted by Crippen LogP contribution is 2.39. The van der Waals surface area contributed by atoms with Crippen molar-refractivity contribution in [3.8, 4) is 0 Å². The molecular weight excluding hydrogens is 376 g/mol. The zero-order chi connectivity index (χ0) is 21.0. The number of aliphatic hydroxyl groups excluding tert-OH is 1. The van der Waals surface area contributed by atoms with E-state index in [1.54, 1.807) is 19.1 Å². The minimum absolute atomic E-state index is 0.121. The molecule has 1 amide bonds. The number of carboxylic acid groups (broad SMARTS) is 1. The summed E-state index contributed by atoms with van der Waals surface area (Å²) in [5.41, 5.74) is 2.70. The summed E-state index contributed by atoms with van der Waals surface area (Å²) < 4.78 is 5.41. The normalized spacial score (nSPS) is 18.3. The van der Waals surface area contributed by atoms with Crippen LogP contribution in [-0.2, 0) is 14.3 Å². The second-order valence-electron chi connectivity index (χ2n) is 6.46. The van der Waals surface area contributed by atoms with Gasteiger partial charge in [0.2, 0.25) is 0 Å². The first-order valence-electron chi connectivity index (χ1n) is 9.33. The van der Waals surface area contributed by atoms with Crippen molar-refractivity contribution < 1.29 is 24.5 Å². The second kappa shape index (κ2) is 8.78. The fraction of sp³-hybridized carbons (Fsp3) is 0.350. The lowest BCUT2D eigenvalue weighted by Gasteiger charge is -2.33. The first-order valence-corrected chi connectivity index (χ1v) is 9.33. The fourth-order valence-electron chi connectivity index (χ4n) is 3.39. The molecule has 2 aliphatic heterocycles. The Morgan fingerprint density at radius 2 is 1.97 bits per heavy atom. The monoisotopic (exact) mass is 400 g/mol. The molecule has 0 aromatic heterocycles. The molecule has 9 nitrogen and oxygen atoms in total. The van der Waals surface area contributed by atoms with Crippen molar-refractivity contribution in [2.24, 2.45) is 5.10 Å². The van der Waals surface area contributed by atoms with Crippen molar-refractivity contribution in [1.82, 2.24) is 10.3 Å². The predicted octanol–water partition coefficient (Wildman–Crippen LogP) is 1.63. The van der Waals surface area contributed by atoms with Crippen molar-refractivity contribution in [3.63, 3.8) is 0 Å². The fourth-order valence-corrected chi connectivity index (χ4v) is 3.39. The first-order chi connectivity index (χ1) is 14.0. The molecule has 0 spiro atoms. The highest BCUT2D eigenvalue weighted by molar-refractivity contribution is 6.04. The van der Waals surface area contributed by atoms with Gasteiger partial charge < -0.3 is 25.2 Å². The molecule has 2 aliphatic rings. The van der Waals surface area contributed by atoms with Gasteiger partial charge in [0.15, 0.2) is 11.5 Å². The molecule has 3 rings (SSSR count). The quantitative estimate of drug-likeness (QED) is 0.644. The summed E-state index contributed by atoms with van der Waals surface area (Å²) >= 11 is 0. The van der Waals surface area contributed by atoms with Crippen LogP contribution in [0, 0.1) is 0 Å². The summed E-state index contributed by atoms with van der Waals surface area (Å²) in [5.74, 6) is -2.16.